The molecule has 0 bridgehead atoms. The second-order valence-electron chi connectivity index (χ2n) is 4.44. The zero-order chi connectivity index (χ0) is 13.8. The normalized spacial score (nSPS) is 10.7. The summed E-state index contributed by atoms with van der Waals surface area (Å²) in [6.45, 7) is 0.810. The number of nitrogens with zero attached hydrogens (tertiary/aromatic N) is 3. The van der Waals surface area contributed by atoms with Crippen molar-refractivity contribution in [2.45, 2.75) is 6.42 Å². The number of aromatic nitrogens is 4. The van der Waals surface area contributed by atoms with E-state index in [-0.39, 0.29) is 0 Å². The zero-order valence-electron chi connectivity index (χ0n) is 11.2. The van der Waals surface area contributed by atoms with Gasteiger partial charge in [-0.1, -0.05) is 30.3 Å². The molecule has 0 unspecified atom stereocenters. The molecule has 0 amide bonds. The molecule has 0 saturated heterocycles. The van der Waals surface area contributed by atoms with Gasteiger partial charge in [-0.15, -0.1) is 0 Å². The maximum Gasteiger partial charge on any atom is 0.226 e. The monoisotopic (exact) mass is 268 g/mol. The minimum Gasteiger partial charge on any atom is -0.369 e. The molecule has 2 heterocycles. The van der Waals surface area contributed by atoms with E-state index < -0.39 is 0 Å². The van der Waals surface area contributed by atoms with Gasteiger partial charge in [0, 0.05) is 13.6 Å². The molecule has 102 valence electrons. The molecule has 6 nitrogen and oxygen atoms in total. The third-order valence-electron chi connectivity index (χ3n) is 3.08. The van der Waals surface area contributed by atoms with Crippen molar-refractivity contribution in [1.82, 2.24) is 20.2 Å². The maximum absolute atomic E-state index is 4.43. The Morgan fingerprint density at radius 2 is 2.00 bits per heavy atom. The number of hydrogen-bond donors (Lipinski definition) is 3. The van der Waals surface area contributed by atoms with E-state index in [4.69, 9.17) is 0 Å². The third kappa shape index (κ3) is 2.54. The highest BCUT2D eigenvalue weighted by Crippen LogP contribution is 2.19. The van der Waals surface area contributed by atoms with Crippen LogP contribution in [0.2, 0.25) is 0 Å². The maximum atomic E-state index is 4.43. The summed E-state index contributed by atoms with van der Waals surface area (Å²) in [5, 5.41) is 14.1. The highest BCUT2D eigenvalue weighted by atomic mass is 15.2. The molecule has 0 saturated carbocycles. The van der Waals surface area contributed by atoms with Gasteiger partial charge < -0.3 is 10.6 Å². The Hall–Kier alpha value is -2.63. The van der Waals surface area contributed by atoms with E-state index in [0.717, 1.165) is 29.8 Å². The van der Waals surface area contributed by atoms with Gasteiger partial charge >= 0.3 is 0 Å². The molecule has 0 fully saturated rings. The van der Waals surface area contributed by atoms with Gasteiger partial charge in [0.1, 0.15) is 5.82 Å². The van der Waals surface area contributed by atoms with Crippen LogP contribution in [0.5, 0.6) is 0 Å². The van der Waals surface area contributed by atoms with E-state index >= 15 is 0 Å². The van der Waals surface area contributed by atoms with Crippen molar-refractivity contribution < 1.29 is 0 Å². The molecule has 3 aromatic rings. The minimum atomic E-state index is 0.573. The van der Waals surface area contributed by atoms with Gasteiger partial charge in [-0.2, -0.15) is 15.1 Å². The van der Waals surface area contributed by atoms with Crippen LogP contribution in [-0.4, -0.2) is 33.8 Å². The fraction of sp³-hybridized carbons (Fsp3) is 0.214. The summed E-state index contributed by atoms with van der Waals surface area (Å²) < 4.78 is 0. The summed E-state index contributed by atoms with van der Waals surface area (Å²) in [7, 11) is 1.80. The van der Waals surface area contributed by atoms with E-state index in [0.29, 0.717) is 5.95 Å². The van der Waals surface area contributed by atoms with Crippen molar-refractivity contribution in [3.05, 3.63) is 42.1 Å². The van der Waals surface area contributed by atoms with Crippen LogP contribution in [0.3, 0.4) is 0 Å². The summed E-state index contributed by atoms with van der Waals surface area (Å²) in [6, 6.07) is 10.4. The first-order valence-electron chi connectivity index (χ1n) is 6.53. The fourth-order valence-corrected chi connectivity index (χ4v) is 2.05. The Kier molecular flexibility index (Phi) is 3.45. The molecule has 0 radical (unpaired) electrons. The molecule has 3 N–H and O–H groups in total. The number of rotatable bonds is 5. The van der Waals surface area contributed by atoms with Crippen molar-refractivity contribution in [1.29, 1.82) is 0 Å². The van der Waals surface area contributed by atoms with E-state index in [2.05, 4.69) is 42.9 Å². The summed E-state index contributed by atoms with van der Waals surface area (Å²) in [4.78, 5) is 8.73. The molecular weight excluding hydrogens is 252 g/mol. The predicted octanol–water partition coefficient (Wildman–Crippen LogP) is 2.05. The molecule has 2 aromatic heterocycles. The summed E-state index contributed by atoms with van der Waals surface area (Å²) >= 11 is 0. The van der Waals surface area contributed by atoms with Gasteiger partial charge in [0.2, 0.25) is 5.95 Å². The molecule has 1 aromatic carbocycles. The summed E-state index contributed by atoms with van der Waals surface area (Å²) in [6.07, 6.45) is 2.68. The Labute approximate surface area is 116 Å². The average Bonchev–Trinajstić information content (AvgIpc) is 2.96. The topological polar surface area (TPSA) is 78.5 Å². The Morgan fingerprint density at radius 3 is 2.80 bits per heavy atom. The SMILES string of the molecule is CNc1nc(NCCc2ccccc2)c2cn[nH]c2n1. The lowest BCUT2D eigenvalue weighted by molar-refractivity contribution is 1.01. The number of anilines is 2. The van der Waals surface area contributed by atoms with Crippen molar-refractivity contribution in [2.24, 2.45) is 0 Å². The lowest BCUT2D eigenvalue weighted by Crippen LogP contribution is -2.08. The third-order valence-corrected chi connectivity index (χ3v) is 3.08. The lowest BCUT2D eigenvalue weighted by Gasteiger charge is -2.08. The van der Waals surface area contributed by atoms with Gasteiger partial charge in [-0.25, -0.2) is 0 Å². The summed E-state index contributed by atoms with van der Waals surface area (Å²) in [5.41, 5.74) is 2.03. The smallest absolute Gasteiger partial charge is 0.226 e. The quantitative estimate of drug-likeness (QED) is 0.660. The van der Waals surface area contributed by atoms with Crippen LogP contribution in [0.4, 0.5) is 11.8 Å². The van der Waals surface area contributed by atoms with E-state index in [1.54, 1.807) is 13.2 Å². The van der Waals surface area contributed by atoms with Crippen LogP contribution in [0.1, 0.15) is 5.56 Å². The number of aromatic amines is 1. The van der Waals surface area contributed by atoms with Gasteiger partial charge in [0.15, 0.2) is 5.65 Å². The predicted molar refractivity (Wildman–Crippen MR) is 79.9 cm³/mol. The van der Waals surface area contributed by atoms with Crippen molar-refractivity contribution in [3.63, 3.8) is 0 Å². The zero-order valence-corrected chi connectivity index (χ0v) is 11.2. The van der Waals surface area contributed by atoms with Crippen LogP contribution in [0.15, 0.2) is 36.5 Å². The Morgan fingerprint density at radius 1 is 1.15 bits per heavy atom. The molecule has 0 aliphatic carbocycles. The Bertz CT molecular complexity index is 691. The molecule has 0 aliphatic rings. The van der Waals surface area contributed by atoms with Crippen LogP contribution in [-0.2, 0) is 6.42 Å². The fourth-order valence-electron chi connectivity index (χ4n) is 2.05. The van der Waals surface area contributed by atoms with E-state index in [1.807, 2.05) is 18.2 Å². The second kappa shape index (κ2) is 5.56. The highest BCUT2D eigenvalue weighted by Gasteiger charge is 2.08. The van der Waals surface area contributed by atoms with Gasteiger partial charge in [-0.05, 0) is 12.0 Å². The molecule has 20 heavy (non-hydrogen) atoms. The number of benzene rings is 1. The highest BCUT2D eigenvalue weighted by molar-refractivity contribution is 5.86. The first-order chi connectivity index (χ1) is 9.86. The molecule has 3 rings (SSSR count). The van der Waals surface area contributed by atoms with Crippen molar-refractivity contribution in [3.8, 4) is 0 Å². The van der Waals surface area contributed by atoms with Crippen LogP contribution in [0, 0.1) is 0 Å². The van der Waals surface area contributed by atoms with Crippen molar-refractivity contribution in [2.75, 3.05) is 24.2 Å². The van der Waals surface area contributed by atoms with Crippen LogP contribution < -0.4 is 10.6 Å². The summed E-state index contributed by atoms with van der Waals surface area (Å²) in [5.74, 6) is 1.37. The number of fused-ring (bicyclic) bond motifs is 1. The molecule has 0 atom stereocenters. The average molecular weight is 268 g/mol. The largest absolute Gasteiger partial charge is 0.369 e. The number of H-pyrrole nitrogens is 1. The lowest BCUT2D eigenvalue weighted by atomic mass is 10.1. The number of nitrogens with one attached hydrogen (secondary N) is 3. The van der Waals surface area contributed by atoms with Gasteiger partial charge in [0.25, 0.3) is 0 Å². The Balaban J connectivity index is 1.75. The molecular formula is C14H16N6. The van der Waals surface area contributed by atoms with Crippen molar-refractivity contribution >= 4 is 22.8 Å². The second-order valence-corrected chi connectivity index (χ2v) is 4.44. The standard InChI is InChI=1S/C14H16N6/c1-15-14-18-12(11-9-17-20-13(11)19-14)16-8-7-10-5-3-2-4-6-10/h2-6,9H,7-8H2,1H3,(H3,15,16,17,18,19,20). The molecule has 0 spiro atoms. The van der Waals surface area contributed by atoms with Crippen LogP contribution >= 0.6 is 0 Å². The van der Waals surface area contributed by atoms with E-state index in [1.165, 1.54) is 5.56 Å². The molecule has 6 heteroatoms. The van der Waals surface area contributed by atoms with Gasteiger partial charge in [-0.3, -0.25) is 5.10 Å². The van der Waals surface area contributed by atoms with Gasteiger partial charge in [0.05, 0.1) is 11.6 Å². The first kappa shape index (κ1) is 12.4. The minimum absolute atomic E-state index is 0.573. The van der Waals surface area contributed by atoms with Crippen LogP contribution in [0.25, 0.3) is 11.0 Å². The van der Waals surface area contributed by atoms with E-state index in [9.17, 15) is 0 Å². The molecule has 0 aliphatic heterocycles. The first-order valence-corrected chi connectivity index (χ1v) is 6.53. The number of hydrogen-bond acceptors (Lipinski definition) is 5.